The highest BCUT2D eigenvalue weighted by Gasteiger charge is 2.29. The lowest BCUT2D eigenvalue weighted by Crippen LogP contribution is -2.34. The summed E-state index contributed by atoms with van der Waals surface area (Å²) < 4.78 is 10.2. The number of fused-ring (bicyclic) bond motifs is 1. The first kappa shape index (κ1) is 25.0. The summed E-state index contributed by atoms with van der Waals surface area (Å²) in [5.74, 6) is -0.311. The Morgan fingerprint density at radius 3 is 2.51 bits per heavy atom. The Labute approximate surface area is 213 Å². The molecule has 0 radical (unpaired) electrons. The zero-order chi connectivity index (χ0) is 24.8. The Morgan fingerprint density at radius 1 is 1.06 bits per heavy atom. The molecule has 0 bridgehead atoms. The largest absolute Gasteiger partial charge is 0.354 e. The Morgan fingerprint density at radius 2 is 1.80 bits per heavy atom. The second-order valence-electron chi connectivity index (χ2n) is 7.83. The van der Waals surface area contributed by atoms with Crippen LogP contribution in [0.3, 0.4) is 0 Å². The molecule has 0 aliphatic carbocycles. The number of thioether (sulfide) groups is 1. The van der Waals surface area contributed by atoms with Crippen molar-refractivity contribution in [2.75, 3.05) is 25.7 Å². The van der Waals surface area contributed by atoms with E-state index in [1.165, 1.54) is 26.0 Å². The number of ether oxygens (including phenoxy) is 2. The molecule has 3 aromatic rings. The standard InChI is InChI=1S/C27H25ClN2O4S/c1-33-25(34-2)16-29-26(31)20-12-10-18(11-13-20)15-24-27(32)30(17-19-6-5-7-21(28)14-19)22-8-3-4-9-23(22)35-24/h3-15,25H,16-17H2,1-2H3,(H,29,31)/b24-15+. The third kappa shape index (κ3) is 6.13. The summed E-state index contributed by atoms with van der Waals surface area (Å²) in [5.41, 5.74) is 3.16. The summed E-state index contributed by atoms with van der Waals surface area (Å²) in [5, 5.41) is 3.41. The van der Waals surface area contributed by atoms with Gasteiger partial charge in [-0.1, -0.05) is 59.8 Å². The number of amides is 2. The van der Waals surface area contributed by atoms with Crippen LogP contribution in [-0.2, 0) is 20.8 Å². The van der Waals surface area contributed by atoms with E-state index in [4.69, 9.17) is 21.1 Å². The van der Waals surface area contributed by atoms with Crippen LogP contribution in [-0.4, -0.2) is 38.9 Å². The molecule has 35 heavy (non-hydrogen) atoms. The second kappa shape index (κ2) is 11.6. The van der Waals surface area contributed by atoms with Crippen LogP contribution in [0.5, 0.6) is 0 Å². The van der Waals surface area contributed by atoms with Crippen molar-refractivity contribution in [2.45, 2.75) is 17.7 Å². The van der Waals surface area contributed by atoms with Gasteiger partial charge in [0.1, 0.15) is 0 Å². The van der Waals surface area contributed by atoms with Crippen LogP contribution in [0.25, 0.3) is 6.08 Å². The molecule has 0 fully saturated rings. The van der Waals surface area contributed by atoms with Gasteiger partial charge >= 0.3 is 0 Å². The first-order valence-electron chi connectivity index (χ1n) is 11.0. The molecule has 1 heterocycles. The van der Waals surface area contributed by atoms with Crippen molar-refractivity contribution in [3.63, 3.8) is 0 Å². The molecule has 180 valence electrons. The molecule has 0 unspecified atom stereocenters. The number of hydrogen-bond acceptors (Lipinski definition) is 5. The molecular weight excluding hydrogens is 484 g/mol. The van der Waals surface area contributed by atoms with E-state index in [2.05, 4.69) is 5.32 Å². The SMILES string of the molecule is COC(CNC(=O)c1ccc(/C=C2/Sc3ccccc3N(Cc3cccc(Cl)c3)C2=O)cc1)OC. The maximum absolute atomic E-state index is 13.5. The Hall–Kier alpha value is -3.10. The number of benzene rings is 3. The van der Waals surface area contributed by atoms with Gasteiger partial charge in [0.05, 0.1) is 23.7 Å². The molecule has 0 spiro atoms. The summed E-state index contributed by atoms with van der Waals surface area (Å²) in [6, 6.07) is 22.5. The Kier molecular flexibility index (Phi) is 8.25. The van der Waals surface area contributed by atoms with Gasteiger partial charge in [-0.2, -0.15) is 0 Å². The lowest BCUT2D eigenvalue weighted by molar-refractivity contribution is -0.114. The predicted molar refractivity (Wildman–Crippen MR) is 139 cm³/mol. The van der Waals surface area contributed by atoms with Crippen molar-refractivity contribution in [3.05, 3.63) is 99.4 Å². The van der Waals surface area contributed by atoms with Crippen molar-refractivity contribution < 1.29 is 19.1 Å². The van der Waals surface area contributed by atoms with Gasteiger partial charge in [0.2, 0.25) is 0 Å². The lowest BCUT2D eigenvalue weighted by Gasteiger charge is -2.30. The molecule has 1 aliphatic heterocycles. The van der Waals surface area contributed by atoms with E-state index >= 15 is 0 Å². The van der Waals surface area contributed by atoms with E-state index in [-0.39, 0.29) is 18.4 Å². The molecule has 2 amide bonds. The van der Waals surface area contributed by atoms with Gasteiger partial charge in [0.15, 0.2) is 6.29 Å². The molecule has 1 aliphatic rings. The minimum Gasteiger partial charge on any atom is -0.354 e. The third-order valence-electron chi connectivity index (χ3n) is 5.49. The van der Waals surface area contributed by atoms with Crippen LogP contribution < -0.4 is 10.2 Å². The van der Waals surface area contributed by atoms with Crippen molar-refractivity contribution in [3.8, 4) is 0 Å². The molecule has 0 aromatic heterocycles. The third-order valence-corrected chi connectivity index (χ3v) is 6.80. The van der Waals surface area contributed by atoms with Crippen molar-refractivity contribution in [2.24, 2.45) is 0 Å². The number of para-hydroxylation sites is 1. The molecule has 3 aromatic carbocycles. The highest BCUT2D eigenvalue weighted by molar-refractivity contribution is 8.04. The summed E-state index contributed by atoms with van der Waals surface area (Å²) >= 11 is 7.60. The van der Waals surface area contributed by atoms with E-state index in [1.54, 1.807) is 17.0 Å². The number of rotatable bonds is 8. The van der Waals surface area contributed by atoms with Gasteiger partial charge in [-0.25, -0.2) is 0 Å². The van der Waals surface area contributed by atoms with Gasteiger partial charge in [0.25, 0.3) is 11.8 Å². The van der Waals surface area contributed by atoms with E-state index < -0.39 is 6.29 Å². The van der Waals surface area contributed by atoms with Crippen molar-refractivity contribution >= 4 is 46.9 Å². The topological polar surface area (TPSA) is 67.9 Å². The van der Waals surface area contributed by atoms with Gasteiger partial charge in [-0.3, -0.25) is 9.59 Å². The first-order valence-corrected chi connectivity index (χ1v) is 12.2. The molecule has 0 saturated heterocycles. The number of anilines is 1. The maximum Gasteiger partial charge on any atom is 0.265 e. The highest BCUT2D eigenvalue weighted by Crippen LogP contribution is 2.42. The summed E-state index contributed by atoms with van der Waals surface area (Å²) in [6.45, 7) is 0.655. The number of methoxy groups -OCH3 is 2. The van der Waals surface area contributed by atoms with Crippen LogP contribution in [0.2, 0.25) is 5.02 Å². The van der Waals surface area contributed by atoms with Crippen molar-refractivity contribution in [1.82, 2.24) is 5.32 Å². The zero-order valence-electron chi connectivity index (χ0n) is 19.4. The minimum absolute atomic E-state index is 0.0827. The van der Waals surface area contributed by atoms with Crippen LogP contribution in [0.1, 0.15) is 21.5 Å². The fourth-order valence-corrected chi connectivity index (χ4v) is 4.93. The normalized spacial score (nSPS) is 14.3. The van der Waals surface area contributed by atoms with E-state index in [9.17, 15) is 9.59 Å². The second-order valence-corrected chi connectivity index (χ2v) is 9.35. The number of nitrogens with zero attached hydrogens (tertiary/aromatic N) is 1. The van der Waals surface area contributed by atoms with Crippen molar-refractivity contribution in [1.29, 1.82) is 0 Å². The van der Waals surface area contributed by atoms with Gasteiger partial charge in [-0.15, -0.1) is 0 Å². The van der Waals surface area contributed by atoms with Gasteiger partial charge in [0, 0.05) is 29.7 Å². The summed E-state index contributed by atoms with van der Waals surface area (Å²) in [7, 11) is 3.03. The molecule has 0 saturated carbocycles. The van der Waals surface area contributed by atoms with Gasteiger partial charge < -0.3 is 19.7 Å². The smallest absolute Gasteiger partial charge is 0.265 e. The molecule has 8 heteroatoms. The van der Waals surface area contributed by atoms with Gasteiger partial charge in [-0.05, 0) is 53.6 Å². The fourth-order valence-electron chi connectivity index (χ4n) is 3.66. The molecular formula is C27H25ClN2O4S. The minimum atomic E-state index is -0.505. The predicted octanol–water partition coefficient (Wildman–Crippen LogP) is 5.37. The maximum atomic E-state index is 13.5. The summed E-state index contributed by atoms with van der Waals surface area (Å²) in [6.07, 6.45) is 1.34. The van der Waals surface area contributed by atoms with Crippen LogP contribution in [0.15, 0.2) is 82.6 Å². The zero-order valence-corrected chi connectivity index (χ0v) is 20.9. The quantitative estimate of drug-likeness (QED) is 0.327. The Balaban J connectivity index is 1.54. The van der Waals surface area contributed by atoms with Crippen LogP contribution in [0.4, 0.5) is 5.69 Å². The van der Waals surface area contributed by atoms with Crippen LogP contribution >= 0.6 is 23.4 Å². The average Bonchev–Trinajstić information content (AvgIpc) is 2.87. The van der Waals surface area contributed by atoms with E-state index in [1.807, 2.05) is 66.7 Å². The molecule has 4 rings (SSSR count). The van der Waals surface area contributed by atoms with Crippen LogP contribution in [0, 0.1) is 0 Å². The molecule has 0 atom stereocenters. The number of carbonyl (C=O) groups is 2. The first-order chi connectivity index (χ1) is 17.0. The average molecular weight is 509 g/mol. The highest BCUT2D eigenvalue weighted by atomic mass is 35.5. The number of halogens is 1. The molecule has 6 nitrogen and oxygen atoms in total. The number of nitrogens with one attached hydrogen (secondary N) is 1. The van der Waals surface area contributed by atoms with E-state index in [0.29, 0.717) is 22.0 Å². The monoisotopic (exact) mass is 508 g/mol. The van der Waals surface area contributed by atoms with E-state index in [0.717, 1.165) is 21.7 Å². The number of hydrogen-bond donors (Lipinski definition) is 1. The lowest BCUT2D eigenvalue weighted by atomic mass is 10.1. The molecule has 1 N–H and O–H groups in total. The Bertz CT molecular complexity index is 1240. The number of carbonyl (C=O) groups excluding carboxylic acids is 2. The fraction of sp³-hybridized carbons (Fsp3) is 0.185. The summed E-state index contributed by atoms with van der Waals surface area (Å²) in [4.78, 5) is 29.3.